The van der Waals surface area contributed by atoms with Crippen LogP contribution in [0.1, 0.15) is 23.6 Å². The SMILES string of the molecule is O=C1[C@H]2[C@H](C(=O)N1c1ccc(N[C@@H](Cc3ccccc3)c3ccccc3)c([N+](=O)[O-])c1)[C@H]1C=C[C@H]2C1. The molecule has 1 aliphatic heterocycles. The van der Waals surface area contributed by atoms with Crippen molar-refractivity contribution in [2.24, 2.45) is 23.7 Å². The van der Waals surface area contributed by atoms with Gasteiger partial charge in [0.2, 0.25) is 11.8 Å². The van der Waals surface area contributed by atoms with Crippen LogP contribution in [0.5, 0.6) is 0 Å². The van der Waals surface area contributed by atoms with E-state index in [9.17, 15) is 19.7 Å². The molecule has 3 aliphatic rings. The molecule has 1 N–H and O–H groups in total. The van der Waals surface area contributed by atoms with Crippen LogP contribution in [-0.2, 0) is 16.0 Å². The number of hydrogen-bond donors (Lipinski definition) is 1. The Morgan fingerprint density at radius 2 is 1.50 bits per heavy atom. The molecule has 7 heteroatoms. The van der Waals surface area contributed by atoms with Gasteiger partial charge in [0.1, 0.15) is 5.69 Å². The van der Waals surface area contributed by atoms with Gasteiger partial charge in [-0.3, -0.25) is 19.7 Å². The van der Waals surface area contributed by atoms with Gasteiger partial charge in [-0.25, -0.2) is 4.90 Å². The number of fused-ring (bicyclic) bond motifs is 5. The van der Waals surface area contributed by atoms with Gasteiger partial charge in [0.05, 0.1) is 28.5 Å². The number of amides is 2. The van der Waals surface area contributed by atoms with E-state index in [0.717, 1.165) is 22.4 Å². The van der Waals surface area contributed by atoms with Crippen molar-refractivity contribution in [3.05, 3.63) is 112 Å². The summed E-state index contributed by atoms with van der Waals surface area (Å²) >= 11 is 0. The average molecular weight is 480 g/mol. The third kappa shape index (κ3) is 3.68. The first-order valence-electron chi connectivity index (χ1n) is 12.2. The summed E-state index contributed by atoms with van der Waals surface area (Å²) in [6, 6.07) is 24.1. The summed E-state index contributed by atoms with van der Waals surface area (Å²) in [5.74, 6) is -1.02. The number of nitro groups is 1. The first-order valence-corrected chi connectivity index (χ1v) is 12.2. The summed E-state index contributed by atoms with van der Waals surface area (Å²) < 4.78 is 0. The van der Waals surface area contributed by atoms with Crippen LogP contribution in [-0.4, -0.2) is 16.7 Å². The number of imide groups is 1. The Hall–Kier alpha value is -4.26. The fourth-order valence-electron chi connectivity index (χ4n) is 6.06. The third-order valence-corrected chi connectivity index (χ3v) is 7.72. The third-order valence-electron chi connectivity index (χ3n) is 7.72. The van der Waals surface area contributed by atoms with Crippen molar-refractivity contribution >= 4 is 28.9 Å². The highest BCUT2D eigenvalue weighted by molar-refractivity contribution is 6.23. The molecule has 1 saturated carbocycles. The van der Waals surface area contributed by atoms with Gasteiger partial charge in [0.25, 0.3) is 5.69 Å². The molecule has 1 saturated heterocycles. The molecule has 180 valence electrons. The largest absolute Gasteiger partial charge is 0.372 e. The van der Waals surface area contributed by atoms with Crippen molar-refractivity contribution in [2.75, 3.05) is 10.2 Å². The summed E-state index contributed by atoms with van der Waals surface area (Å²) in [4.78, 5) is 39.2. The van der Waals surface area contributed by atoms with Crippen LogP contribution in [0.15, 0.2) is 91.0 Å². The number of carbonyl (C=O) groups is 2. The summed E-state index contributed by atoms with van der Waals surface area (Å²) in [5, 5.41) is 15.5. The number of nitro benzene ring substituents is 1. The lowest BCUT2D eigenvalue weighted by atomic mass is 9.85. The van der Waals surface area contributed by atoms with Crippen molar-refractivity contribution in [1.82, 2.24) is 0 Å². The van der Waals surface area contributed by atoms with Crippen LogP contribution in [0.4, 0.5) is 17.1 Å². The van der Waals surface area contributed by atoms with E-state index in [-0.39, 0.29) is 52.9 Å². The van der Waals surface area contributed by atoms with Crippen LogP contribution in [0.3, 0.4) is 0 Å². The molecule has 7 nitrogen and oxygen atoms in total. The highest BCUT2D eigenvalue weighted by atomic mass is 16.6. The smallest absolute Gasteiger partial charge is 0.294 e. The van der Waals surface area contributed by atoms with E-state index in [1.54, 1.807) is 12.1 Å². The van der Waals surface area contributed by atoms with Gasteiger partial charge < -0.3 is 5.32 Å². The van der Waals surface area contributed by atoms with Crippen molar-refractivity contribution in [3.8, 4) is 0 Å². The molecule has 6 rings (SSSR count). The normalized spacial score (nSPS) is 24.7. The standard InChI is InChI=1S/C29H25N3O4/c33-28-26-20-11-12-21(16-20)27(26)29(34)31(28)22-13-14-23(25(17-22)32(35)36)30-24(19-9-5-2-6-10-19)15-18-7-3-1-4-8-18/h1-14,17,20-21,24,26-27,30H,15-16H2/t20-,21-,24-,26+,27+/m0/s1. The minimum atomic E-state index is -0.465. The van der Waals surface area contributed by atoms with Crippen molar-refractivity contribution < 1.29 is 14.5 Å². The highest BCUT2D eigenvalue weighted by Gasteiger charge is 2.59. The van der Waals surface area contributed by atoms with Gasteiger partial charge in [-0.1, -0.05) is 72.8 Å². The van der Waals surface area contributed by atoms with Gasteiger partial charge in [0.15, 0.2) is 0 Å². The Balaban J connectivity index is 1.32. The molecule has 0 radical (unpaired) electrons. The van der Waals surface area contributed by atoms with E-state index in [1.165, 1.54) is 6.07 Å². The predicted molar refractivity (Wildman–Crippen MR) is 136 cm³/mol. The van der Waals surface area contributed by atoms with Gasteiger partial charge in [-0.15, -0.1) is 0 Å². The molecule has 3 aromatic carbocycles. The number of benzene rings is 3. The molecule has 0 aromatic heterocycles. The van der Waals surface area contributed by atoms with E-state index in [2.05, 4.69) is 5.32 Å². The van der Waals surface area contributed by atoms with E-state index in [0.29, 0.717) is 12.1 Å². The number of rotatable bonds is 7. The number of allylic oxidation sites excluding steroid dienone is 2. The molecule has 3 aromatic rings. The second kappa shape index (κ2) is 8.75. The zero-order chi connectivity index (χ0) is 24.8. The molecule has 2 amide bonds. The summed E-state index contributed by atoms with van der Waals surface area (Å²) in [7, 11) is 0. The first kappa shape index (κ1) is 22.2. The maximum atomic E-state index is 13.2. The number of nitrogens with zero attached hydrogens (tertiary/aromatic N) is 2. The Bertz CT molecular complexity index is 1340. The van der Waals surface area contributed by atoms with Gasteiger partial charge >= 0.3 is 0 Å². The van der Waals surface area contributed by atoms with Gasteiger partial charge in [-0.05, 0) is 47.9 Å². The van der Waals surface area contributed by atoms with Gasteiger partial charge in [0, 0.05) is 6.07 Å². The molecule has 0 spiro atoms. The van der Waals surface area contributed by atoms with Crippen LogP contribution < -0.4 is 10.2 Å². The van der Waals surface area contributed by atoms with Crippen LogP contribution >= 0.6 is 0 Å². The zero-order valence-electron chi connectivity index (χ0n) is 19.5. The molecular weight excluding hydrogens is 454 g/mol. The Kier molecular flexibility index (Phi) is 5.40. The second-order valence-corrected chi connectivity index (χ2v) is 9.77. The van der Waals surface area contributed by atoms with Crippen molar-refractivity contribution in [1.29, 1.82) is 0 Å². The molecule has 36 heavy (non-hydrogen) atoms. The Labute approximate surface area is 208 Å². The second-order valence-electron chi connectivity index (χ2n) is 9.77. The molecule has 2 fully saturated rings. The monoisotopic (exact) mass is 479 g/mol. The molecule has 1 heterocycles. The average Bonchev–Trinajstić information content (AvgIpc) is 3.58. The topological polar surface area (TPSA) is 92.6 Å². The van der Waals surface area contributed by atoms with Crippen molar-refractivity contribution in [3.63, 3.8) is 0 Å². The number of hydrogen-bond acceptors (Lipinski definition) is 5. The molecule has 5 atom stereocenters. The summed E-state index contributed by atoms with van der Waals surface area (Å²) in [6.45, 7) is 0. The summed E-state index contributed by atoms with van der Waals surface area (Å²) in [5.41, 5.74) is 2.53. The number of anilines is 2. The van der Waals surface area contributed by atoms with E-state index >= 15 is 0 Å². The van der Waals surface area contributed by atoms with Crippen LogP contribution in [0.2, 0.25) is 0 Å². The lowest BCUT2D eigenvalue weighted by Crippen LogP contribution is -2.32. The summed E-state index contributed by atoms with van der Waals surface area (Å²) in [6.07, 6.45) is 5.54. The molecule has 2 bridgehead atoms. The number of nitrogens with one attached hydrogen (secondary N) is 1. The maximum Gasteiger partial charge on any atom is 0.294 e. The molecule has 2 aliphatic carbocycles. The van der Waals surface area contributed by atoms with E-state index in [1.807, 2.05) is 72.8 Å². The lowest BCUT2D eigenvalue weighted by molar-refractivity contribution is -0.383. The highest BCUT2D eigenvalue weighted by Crippen LogP contribution is 2.53. The molecule has 0 unspecified atom stereocenters. The zero-order valence-corrected chi connectivity index (χ0v) is 19.5. The van der Waals surface area contributed by atoms with Gasteiger partial charge in [-0.2, -0.15) is 0 Å². The van der Waals surface area contributed by atoms with E-state index in [4.69, 9.17) is 0 Å². The maximum absolute atomic E-state index is 13.2. The fraction of sp³-hybridized carbons (Fsp3) is 0.241. The quantitative estimate of drug-likeness (QED) is 0.215. The van der Waals surface area contributed by atoms with Crippen molar-refractivity contribution in [2.45, 2.75) is 18.9 Å². The first-order chi connectivity index (χ1) is 17.5. The van der Waals surface area contributed by atoms with E-state index < -0.39 is 4.92 Å². The van der Waals surface area contributed by atoms with Crippen LogP contribution in [0.25, 0.3) is 0 Å². The predicted octanol–water partition coefficient (Wildman–Crippen LogP) is 5.30. The van der Waals surface area contributed by atoms with Crippen LogP contribution in [0, 0.1) is 33.8 Å². The Morgan fingerprint density at radius 1 is 0.889 bits per heavy atom. The molecular formula is C29H25N3O4. The lowest BCUT2D eigenvalue weighted by Gasteiger charge is -2.22. The Morgan fingerprint density at radius 3 is 2.11 bits per heavy atom. The number of carbonyl (C=O) groups excluding carboxylic acids is 2. The fourth-order valence-corrected chi connectivity index (χ4v) is 6.06. The minimum absolute atomic E-state index is 0.0852. The minimum Gasteiger partial charge on any atom is -0.372 e.